The zero-order valence-corrected chi connectivity index (χ0v) is 12.9. The molecule has 0 bridgehead atoms. The minimum atomic E-state index is -0.332. The summed E-state index contributed by atoms with van der Waals surface area (Å²) >= 11 is 0. The van der Waals surface area contributed by atoms with Crippen molar-refractivity contribution in [3.63, 3.8) is 0 Å². The van der Waals surface area contributed by atoms with Crippen LogP contribution in [0.3, 0.4) is 0 Å². The molecule has 1 saturated carbocycles. The first-order valence-electron chi connectivity index (χ1n) is 7.66. The summed E-state index contributed by atoms with van der Waals surface area (Å²) in [6.45, 7) is 1.75. The lowest BCUT2D eigenvalue weighted by atomic mass is 9.79. The third-order valence-electron chi connectivity index (χ3n) is 4.46. The number of rotatable bonds is 3. The van der Waals surface area contributed by atoms with E-state index in [0.717, 1.165) is 37.7 Å². The quantitative estimate of drug-likeness (QED) is 0.818. The smallest absolute Gasteiger partial charge is 0.308 e. The van der Waals surface area contributed by atoms with Crippen LogP contribution in [0.15, 0.2) is 12.3 Å². The highest BCUT2D eigenvalue weighted by molar-refractivity contribution is 5.72. The Balaban J connectivity index is 1.68. The van der Waals surface area contributed by atoms with Crippen LogP contribution in [0.4, 0.5) is 4.39 Å². The summed E-state index contributed by atoms with van der Waals surface area (Å²) in [4.78, 5) is 15.6. The number of esters is 1. The number of ether oxygens (including phenoxy) is 1. The Bertz CT molecular complexity index is 690. The van der Waals surface area contributed by atoms with Crippen LogP contribution in [0, 0.1) is 24.6 Å². The molecule has 0 unspecified atom stereocenters. The molecule has 2 aromatic heterocycles. The molecule has 0 spiro atoms. The van der Waals surface area contributed by atoms with Gasteiger partial charge in [-0.2, -0.15) is 5.10 Å². The minimum Gasteiger partial charge on any atom is -0.469 e. The van der Waals surface area contributed by atoms with E-state index in [1.165, 1.54) is 11.6 Å². The second-order valence-corrected chi connectivity index (χ2v) is 6.07. The molecule has 6 heteroatoms. The average Bonchev–Trinajstić information content (AvgIpc) is 2.88. The van der Waals surface area contributed by atoms with Crippen molar-refractivity contribution in [1.82, 2.24) is 14.6 Å². The molecule has 5 nitrogen and oxygen atoms in total. The maximum absolute atomic E-state index is 14.0. The standard InChI is InChI=1S/C16H20FN3O2/c1-10-18-15-14(17)8-12(9-20(15)19-10)7-11-3-5-13(6-4-11)16(21)22-2/h8-9,11,13H,3-7H2,1-2H3. The fraction of sp³-hybridized carbons (Fsp3) is 0.562. The molecule has 118 valence electrons. The molecule has 0 aromatic carbocycles. The van der Waals surface area contributed by atoms with E-state index in [-0.39, 0.29) is 23.4 Å². The number of carbonyl (C=O) groups is 1. The highest BCUT2D eigenvalue weighted by Gasteiger charge is 2.27. The average molecular weight is 305 g/mol. The third-order valence-corrected chi connectivity index (χ3v) is 4.46. The molecule has 2 heterocycles. The SMILES string of the molecule is COC(=O)C1CCC(Cc2cc(F)c3nc(C)nn3c2)CC1. The van der Waals surface area contributed by atoms with Crippen molar-refractivity contribution in [1.29, 1.82) is 0 Å². The molecule has 0 amide bonds. The van der Waals surface area contributed by atoms with E-state index in [9.17, 15) is 9.18 Å². The number of pyridine rings is 1. The number of hydrogen-bond donors (Lipinski definition) is 0. The number of halogens is 1. The summed E-state index contributed by atoms with van der Waals surface area (Å²) in [5, 5.41) is 4.18. The number of nitrogens with zero attached hydrogens (tertiary/aromatic N) is 3. The van der Waals surface area contributed by atoms with Gasteiger partial charge in [0, 0.05) is 6.20 Å². The molecule has 3 rings (SSSR count). The highest BCUT2D eigenvalue weighted by atomic mass is 19.1. The van der Waals surface area contributed by atoms with Gasteiger partial charge in [0.25, 0.3) is 0 Å². The topological polar surface area (TPSA) is 56.5 Å². The molecule has 2 aromatic rings. The molecular weight excluding hydrogens is 285 g/mol. The lowest BCUT2D eigenvalue weighted by Crippen LogP contribution is -2.23. The van der Waals surface area contributed by atoms with Gasteiger partial charge in [0.1, 0.15) is 5.82 Å². The summed E-state index contributed by atoms with van der Waals surface area (Å²) in [5.74, 6) is 0.626. The van der Waals surface area contributed by atoms with Gasteiger partial charge in [0.2, 0.25) is 0 Å². The maximum atomic E-state index is 14.0. The fourth-order valence-electron chi connectivity index (χ4n) is 3.32. The number of aryl methyl sites for hydroxylation is 1. The molecule has 1 aliphatic carbocycles. The van der Waals surface area contributed by atoms with Crippen molar-refractivity contribution in [3.8, 4) is 0 Å². The number of hydrogen-bond acceptors (Lipinski definition) is 4. The van der Waals surface area contributed by atoms with Crippen LogP contribution in [0.25, 0.3) is 5.65 Å². The Morgan fingerprint density at radius 1 is 1.41 bits per heavy atom. The summed E-state index contributed by atoms with van der Waals surface area (Å²) in [6.07, 6.45) is 6.30. The maximum Gasteiger partial charge on any atom is 0.308 e. The Morgan fingerprint density at radius 3 is 2.82 bits per heavy atom. The van der Waals surface area contributed by atoms with E-state index >= 15 is 0 Å². The van der Waals surface area contributed by atoms with E-state index in [4.69, 9.17) is 4.74 Å². The Morgan fingerprint density at radius 2 is 2.14 bits per heavy atom. The normalized spacial score (nSPS) is 22.0. The summed E-state index contributed by atoms with van der Waals surface area (Å²) in [6, 6.07) is 1.55. The van der Waals surface area contributed by atoms with E-state index in [0.29, 0.717) is 11.7 Å². The first kappa shape index (κ1) is 14.9. The predicted octanol–water partition coefficient (Wildman–Crippen LogP) is 2.70. The second kappa shape index (κ2) is 6.02. The van der Waals surface area contributed by atoms with Crippen molar-refractivity contribution in [2.75, 3.05) is 7.11 Å². The van der Waals surface area contributed by atoms with Crippen LogP contribution in [0.5, 0.6) is 0 Å². The van der Waals surface area contributed by atoms with Gasteiger partial charge in [0.05, 0.1) is 13.0 Å². The van der Waals surface area contributed by atoms with Crippen LogP contribution in [-0.4, -0.2) is 27.7 Å². The number of fused-ring (bicyclic) bond motifs is 1. The zero-order chi connectivity index (χ0) is 15.7. The molecule has 0 N–H and O–H groups in total. The molecule has 1 aliphatic rings. The third kappa shape index (κ3) is 2.96. The summed E-state index contributed by atoms with van der Waals surface area (Å²) < 4.78 is 20.4. The summed E-state index contributed by atoms with van der Waals surface area (Å²) in [5.41, 5.74) is 1.20. The Kier molecular flexibility index (Phi) is 4.09. The largest absolute Gasteiger partial charge is 0.469 e. The molecule has 1 fully saturated rings. The van der Waals surface area contributed by atoms with Gasteiger partial charge < -0.3 is 4.74 Å². The zero-order valence-electron chi connectivity index (χ0n) is 12.9. The fourth-order valence-corrected chi connectivity index (χ4v) is 3.32. The van der Waals surface area contributed by atoms with E-state index < -0.39 is 0 Å². The van der Waals surface area contributed by atoms with Crippen LogP contribution >= 0.6 is 0 Å². The number of methoxy groups -OCH3 is 1. The van der Waals surface area contributed by atoms with Gasteiger partial charge in [-0.3, -0.25) is 4.79 Å². The number of aromatic nitrogens is 3. The molecular formula is C16H20FN3O2. The van der Waals surface area contributed by atoms with E-state index in [2.05, 4.69) is 10.1 Å². The van der Waals surface area contributed by atoms with Crippen LogP contribution < -0.4 is 0 Å². The Labute approximate surface area is 128 Å². The lowest BCUT2D eigenvalue weighted by molar-refractivity contribution is -0.146. The molecule has 22 heavy (non-hydrogen) atoms. The van der Waals surface area contributed by atoms with Gasteiger partial charge in [-0.1, -0.05) is 0 Å². The monoisotopic (exact) mass is 305 g/mol. The van der Waals surface area contributed by atoms with Crippen LogP contribution in [0.1, 0.15) is 37.1 Å². The first-order chi connectivity index (χ1) is 10.6. The molecule has 0 atom stereocenters. The predicted molar refractivity (Wildman–Crippen MR) is 78.9 cm³/mol. The summed E-state index contributed by atoms with van der Waals surface area (Å²) in [7, 11) is 1.44. The second-order valence-electron chi connectivity index (χ2n) is 6.07. The van der Waals surface area contributed by atoms with Crippen molar-refractivity contribution in [2.45, 2.75) is 39.0 Å². The van der Waals surface area contributed by atoms with Crippen LogP contribution in [0.2, 0.25) is 0 Å². The first-order valence-corrected chi connectivity index (χ1v) is 7.66. The van der Waals surface area contributed by atoms with Gasteiger partial charge in [-0.15, -0.1) is 0 Å². The molecule has 0 radical (unpaired) electrons. The van der Waals surface area contributed by atoms with Gasteiger partial charge >= 0.3 is 5.97 Å². The van der Waals surface area contributed by atoms with Gasteiger partial charge in [-0.05, 0) is 56.6 Å². The van der Waals surface area contributed by atoms with Crippen molar-refractivity contribution < 1.29 is 13.9 Å². The van der Waals surface area contributed by atoms with Gasteiger partial charge in [0.15, 0.2) is 11.5 Å². The minimum absolute atomic E-state index is 0.0263. The van der Waals surface area contributed by atoms with Crippen molar-refractivity contribution in [2.24, 2.45) is 11.8 Å². The van der Waals surface area contributed by atoms with Crippen molar-refractivity contribution >= 4 is 11.6 Å². The molecule has 0 aliphatic heterocycles. The van der Waals surface area contributed by atoms with Gasteiger partial charge in [-0.25, -0.2) is 13.9 Å². The highest BCUT2D eigenvalue weighted by Crippen LogP contribution is 2.31. The number of carbonyl (C=O) groups excluding carboxylic acids is 1. The van der Waals surface area contributed by atoms with Crippen molar-refractivity contribution in [3.05, 3.63) is 29.5 Å². The lowest BCUT2D eigenvalue weighted by Gasteiger charge is -2.26. The Hall–Kier alpha value is -1.98. The van der Waals surface area contributed by atoms with E-state index in [1.807, 2.05) is 6.20 Å². The van der Waals surface area contributed by atoms with Crippen LogP contribution in [-0.2, 0) is 16.0 Å². The van der Waals surface area contributed by atoms with E-state index in [1.54, 1.807) is 13.0 Å². The molecule has 0 saturated heterocycles.